The Bertz CT molecular complexity index is 540. The van der Waals surface area contributed by atoms with Crippen molar-refractivity contribution >= 4 is 11.6 Å². The molecule has 1 amide bonds. The van der Waals surface area contributed by atoms with Crippen molar-refractivity contribution in [2.24, 2.45) is 29.6 Å². The summed E-state index contributed by atoms with van der Waals surface area (Å²) in [7, 11) is 0. The van der Waals surface area contributed by atoms with Crippen LogP contribution in [0.5, 0.6) is 0 Å². The van der Waals surface area contributed by atoms with Crippen LogP contribution in [0.25, 0.3) is 0 Å². The van der Waals surface area contributed by atoms with E-state index < -0.39 is 0 Å². The van der Waals surface area contributed by atoms with Crippen LogP contribution in [-0.2, 0) is 11.3 Å². The van der Waals surface area contributed by atoms with E-state index in [9.17, 15) is 4.79 Å². The molecule has 0 heterocycles. The van der Waals surface area contributed by atoms with Gasteiger partial charge in [0, 0.05) is 18.2 Å². The molecule has 0 spiro atoms. The minimum atomic E-state index is 0.269. The summed E-state index contributed by atoms with van der Waals surface area (Å²) in [5.74, 6) is 3.71. The summed E-state index contributed by atoms with van der Waals surface area (Å²) in [5, 5.41) is 6.54. The summed E-state index contributed by atoms with van der Waals surface area (Å²) in [4.78, 5) is 12.6. The molecule has 3 saturated carbocycles. The molecule has 1 aromatic rings. The van der Waals surface area contributed by atoms with E-state index in [0.717, 1.165) is 30.6 Å². The number of fused-ring (bicyclic) bond motifs is 5. The van der Waals surface area contributed by atoms with Crippen LogP contribution in [0, 0.1) is 29.6 Å². The van der Waals surface area contributed by atoms with E-state index in [1.807, 2.05) is 18.2 Å². The summed E-state index contributed by atoms with van der Waals surface area (Å²) in [6.07, 6.45) is 4.13. The second-order valence-electron chi connectivity index (χ2n) is 6.94. The Labute approximate surface area is 126 Å². The lowest BCUT2D eigenvalue weighted by Gasteiger charge is -2.13. The molecule has 3 heteroatoms. The average Bonchev–Trinajstić information content (AvgIpc) is 2.95. The maximum atomic E-state index is 12.6. The Kier molecular flexibility index (Phi) is 3.26. The average molecular weight is 284 g/mol. The molecule has 0 aliphatic heterocycles. The molecule has 3 fully saturated rings. The quantitative estimate of drug-likeness (QED) is 0.872. The normalized spacial score (nSPS) is 35.6. The zero-order chi connectivity index (χ0) is 14.4. The van der Waals surface area contributed by atoms with E-state index in [2.05, 4.69) is 23.6 Å². The number of carbonyl (C=O) groups excluding carboxylic acids is 1. The number of benzene rings is 1. The molecule has 0 radical (unpaired) electrons. The number of amides is 1. The fourth-order valence-corrected chi connectivity index (χ4v) is 4.95. The highest BCUT2D eigenvalue weighted by atomic mass is 16.2. The first-order chi connectivity index (χ1) is 10.3. The molecule has 3 aliphatic rings. The Morgan fingerprint density at radius 1 is 1.19 bits per heavy atom. The van der Waals surface area contributed by atoms with E-state index in [-0.39, 0.29) is 5.91 Å². The summed E-state index contributed by atoms with van der Waals surface area (Å²) >= 11 is 0. The van der Waals surface area contributed by atoms with Crippen LogP contribution in [0.4, 0.5) is 5.69 Å². The van der Waals surface area contributed by atoms with Gasteiger partial charge in [0.15, 0.2) is 0 Å². The molecule has 2 N–H and O–H groups in total. The number of hydrogen-bond donors (Lipinski definition) is 2. The third-order valence-corrected chi connectivity index (χ3v) is 5.88. The number of para-hydroxylation sites is 1. The Morgan fingerprint density at radius 2 is 1.90 bits per heavy atom. The topological polar surface area (TPSA) is 41.1 Å². The van der Waals surface area contributed by atoms with Crippen molar-refractivity contribution in [1.29, 1.82) is 0 Å². The van der Waals surface area contributed by atoms with E-state index in [4.69, 9.17) is 0 Å². The maximum absolute atomic E-state index is 12.6. The Hall–Kier alpha value is -1.35. The van der Waals surface area contributed by atoms with Crippen LogP contribution in [0.1, 0.15) is 31.7 Å². The van der Waals surface area contributed by atoms with E-state index >= 15 is 0 Å². The molecular weight excluding hydrogens is 260 g/mol. The second-order valence-corrected chi connectivity index (χ2v) is 6.94. The fraction of sp³-hybridized carbons (Fsp3) is 0.611. The largest absolute Gasteiger partial charge is 0.326 e. The van der Waals surface area contributed by atoms with Crippen LogP contribution in [0.2, 0.25) is 0 Å². The van der Waals surface area contributed by atoms with Gasteiger partial charge in [-0.25, -0.2) is 0 Å². The highest BCUT2D eigenvalue weighted by molar-refractivity contribution is 5.95. The summed E-state index contributed by atoms with van der Waals surface area (Å²) in [6, 6.07) is 8.16. The van der Waals surface area contributed by atoms with Gasteiger partial charge in [-0.15, -0.1) is 0 Å². The number of carbonyl (C=O) groups is 1. The van der Waals surface area contributed by atoms with Gasteiger partial charge < -0.3 is 10.6 Å². The number of rotatable bonds is 5. The number of nitrogens with one attached hydrogen (secondary N) is 2. The molecule has 4 atom stereocenters. The van der Waals surface area contributed by atoms with Crippen LogP contribution in [0.15, 0.2) is 24.3 Å². The van der Waals surface area contributed by atoms with Crippen molar-refractivity contribution in [3.05, 3.63) is 29.8 Å². The van der Waals surface area contributed by atoms with Gasteiger partial charge in [0.2, 0.25) is 5.91 Å². The van der Waals surface area contributed by atoms with Crippen molar-refractivity contribution in [1.82, 2.24) is 5.32 Å². The molecule has 3 nitrogen and oxygen atoms in total. The Morgan fingerprint density at radius 3 is 2.62 bits per heavy atom. The molecule has 4 rings (SSSR count). The molecule has 3 aliphatic carbocycles. The summed E-state index contributed by atoms with van der Waals surface area (Å²) < 4.78 is 0. The Balaban J connectivity index is 1.44. The molecule has 0 saturated heterocycles. The SMILES string of the molecule is CCNCc1ccccc1NC(=O)C1C2C3CCC(C3)C12. The predicted molar refractivity (Wildman–Crippen MR) is 83.8 cm³/mol. The van der Waals surface area contributed by atoms with Crippen molar-refractivity contribution in [3.63, 3.8) is 0 Å². The zero-order valence-corrected chi connectivity index (χ0v) is 12.6. The number of anilines is 1. The monoisotopic (exact) mass is 284 g/mol. The van der Waals surface area contributed by atoms with Gasteiger partial charge >= 0.3 is 0 Å². The molecule has 4 unspecified atom stereocenters. The maximum Gasteiger partial charge on any atom is 0.228 e. The van der Waals surface area contributed by atoms with Gasteiger partial charge in [0.1, 0.15) is 0 Å². The third-order valence-electron chi connectivity index (χ3n) is 5.88. The second kappa shape index (κ2) is 5.13. The van der Waals surface area contributed by atoms with Crippen molar-refractivity contribution in [3.8, 4) is 0 Å². The first kappa shape index (κ1) is 13.3. The summed E-state index contributed by atoms with van der Waals surface area (Å²) in [6.45, 7) is 3.86. The van der Waals surface area contributed by atoms with Gasteiger partial charge in [-0.2, -0.15) is 0 Å². The molecular formula is C18H24N2O. The van der Waals surface area contributed by atoms with Crippen molar-refractivity contribution in [2.45, 2.75) is 32.7 Å². The fourth-order valence-electron chi connectivity index (χ4n) is 4.95. The smallest absolute Gasteiger partial charge is 0.228 e. The van der Waals surface area contributed by atoms with Crippen molar-refractivity contribution in [2.75, 3.05) is 11.9 Å². The van der Waals surface area contributed by atoms with E-state index in [0.29, 0.717) is 17.8 Å². The predicted octanol–water partition coefficient (Wildman–Crippen LogP) is 3.03. The van der Waals surface area contributed by atoms with Gasteiger partial charge in [0.05, 0.1) is 0 Å². The number of hydrogen-bond acceptors (Lipinski definition) is 2. The highest BCUT2D eigenvalue weighted by Crippen LogP contribution is 2.69. The molecule has 21 heavy (non-hydrogen) atoms. The van der Waals surface area contributed by atoms with E-state index in [1.54, 1.807) is 0 Å². The molecule has 112 valence electrons. The van der Waals surface area contributed by atoms with Crippen LogP contribution in [-0.4, -0.2) is 12.5 Å². The molecule has 1 aromatic carbocycles. The van der Waals surface area contributed by atoms with E-state index in [1.165, 1.54) is 24.8 Å². The first-order valence-corrected chi connectivity index (χ1v) is 8.39. The standard InChI is InChI=1S/C18H24N2O/c1-2-19-10-13-5-3-4-6-14(13)20-18(21)17-15-11-7-8-12(9-11)16(15)17/h3-6,11-12,15-17,19H,2,7-10H2,1H3,(H,20,21). The minimum Gasteiger partial charge on any atom is -0.326 e. The van der Waals surface area contributed by atoms with Crippen molar-refractivity contribution < 1.29 is 4.79 Å². The lowest BCUT2D eigenvalue weighted by Crippen LogP contribution is -2.20. The van der Waals surface area contributed by atoms with Crippen LogP contribution >= 0.6 is 0 Å². The summed E-state index contributed by atoms with van der Waals surface area (Å²) in [5.41, 5.74) is 2.17. The van der Waals surface area contributed by atoms with Gasteiger partial charge in [0.25, 0.3) is 0 Å². The zero-order valence-electron chi connectivity index (χ0n) is 12.6. The lowest BCUT2D eigenvalue weighted by molar-refractivity contribution is -0.118. The minimum absolute atomic E-state index is 0.269. The first-order valence-electron chi connectivity index (χ1n) is 8.39. The third kappa shape index (κ3) is 2.18. The van der Waals surface area contributed by atoms with Gasteiger partial charge in [-0.3, -0.25) is 4.79 Å². The lowest BCUT2D eigenvalue weighted by atomic mass is 10.0. The van der Waals surface area contributed by atoms with Crippen LogP contribution < -0.4 is 10.6 Å². The van der Waals surface area contributed by atoms with Gasteiger partial charge in [-0.05, 0) is 61.1 Å². The molecule has 2 bridgehead atoms. The van der Waals surface area contributed by atoms with Crippen LogP contribution in [0.3, 0.4) is 0 Å². The van der Waals surface area contributed by atoms with Gasteiger partial charge in [-0.1, -0.05) is 25.1 Å². The molecule has 0 aromatic heterocycles. The highest BCUT2D eigenvalue weighted by Gasteiger charge is 2.67.